The highest BCUT2D eigenvalue weighted by Crippen LogP contribution is 2.58. The van der Waals surface area contributed by atoms with Gasteiger partial charge in [0.2, 0.25) is 5.91 Å². The first-order valence-corrected chi connectivity index (χ1v) is 13.6. The third kappa shape index (κ3) is 3.78. The van der Waals surface area contributed by atoms with Crippen LogP contribution in [0.5, 0.6) is 5.75 Å². The number of amides is 1. The Morgan fingerprint density at radius 1 is 1.19 bits per heavy atom. The van der Waals surface area contributed by atoms with Crippen LogP contribution in [0.3, 0.4) is 0 Å². The number of carbonyl (C=O) groups excluding carboxylic acids is 4. The minimum atomic E-state index is -2.83. The van der Waals surface area contributed by atoms with E-state index < -0.39 is 76.6 Å². The Kier molecular flexibility index (Phi) is 7.17. The number of phenols is 1. The average molecular weight is 534 g/mol. The van der Waals surface area contributed by atoms with Crippen LogP contribution >= 0.6 is 11.8 Å². The maximum absolute atomic E-state index is 13.8. The molecular formula is C26H31NO9S. The van der Waals surface area contributed by atoms with Crippen molar-refractivity contribution in [3.05, 3.63) is 40.7 Å². The summed E-state index contributed by atoms with van der Waals surface area (Å²) in [5.41, 5.74) is 2.63. The van der Waals surface area contributed by atoms with Gasteiger partial charge in [0.1, 0.15) is 23.5 Å². The van der Waals surface area contributed by atoms with Gasteiger partial charge in [-0.3, -0.25) is 19.2 Å². The van der Waals surface area contributed by atoms with Gasteiger partial charge in [0, 0.05) is 35.5 Å². The predicted octanol–water partition coefficient (Wildman–Crippen LogP) is 1.22. The summed E-state index contributed by atoms with van der Waals surface area (Å²) >= 11 is 1.43. The molecule has 6 N–H and O–H groups in total. The molecule has 8 atom stereocenters. The zero-order valence-electron chi connectivity index (χ0n) is 20.7. The first-order chi connectivity index (χ1) is 17.5. The van der Waals surface area contributed by atoms with Gasteiger partial charge in [-0.2, -0.15) is 11.8 Å². The fourth-order valence-electron chi connectivity index (χ4n) is 6.51. The predicted molar refractivity (Wildman–Crippen MR) is 133 cm³/mol. The topological polar surface area (TPSA) is 184 Å². The fraction of sp³-hybridized carbons (Fsp3) is 0.538. The Bertz CT molecular complexity index is 1200. The van der Waals surface area contributed by atoms with E-state index in [4.69, 9.17) is 10.5 Å². The maximum atomic E-state index is 13.8. The number of aliphatic hydroxyl groups is 3. The first kappa shape index (κ1) is 27.2. The number of carbonyl (C=O) groups is 4. The van der Waals surface area contributed by atoms with E-state index in [1.165, 1.54) is 17.8 Å². The van der Waals surface area contributed by atoms with Crippen LogP contribution in [0.2, 0.25) is 0 Å². The van der Waals surface area contributed by atoms with E-state index in [9.17, 15) is 39.6 Å². The van der Waals surface area contributed by atoms with Crippen LogP contribution in [-0.2, 0) is 19.1 Å². The molecule has 1 amide bonds. The molecule has 1 aromatic carbocycles. The molecule has 0 aliphatic heterocycles. The molecule has 0 aromatic heterocycles. The molecule has 11 heteroatoms. The normalized spacial score (nSPS) is 34.9. The lowest BCUT2D eigenvalue weighted by atomic mass is 9.51. The van der Waals surface area contributed by atoms with Crippen LogP contribution in [0.25, 0.3) is 0 Å². The number of Topliss-reactive ketones (excluding diaryl/α,β-unsaturated/α-hetero) is 2. The molecule has 0 saturated heterocycles. The highest BCUT2D eigenvalue weighted by atomic mass is 32.2. The van der Waals surface area contributed by atoms with Gasteiger partial charge in [-0.15, -0.1) is 0 Å². The van der Waals surface area contributed by atoms with Gasteiger partial charge in [0.25, 0.3) is 0 Å². The number of ketones is 2. The SMILES string of the molecule is CCC(=O)OC1C2C(=C(O)[C@]3(O)C(=O)C(C(N)=O)C(O)[C@@H](CC)C13)C(=O)c1c(O)cccc1[C@@H]2CSC. The lowest BCUT2D eigenvalue weighted by Gasteiger charge is -2.56. The van der Waals surface area contributed by atoms with Crippen LogP contribution in [0, 0.1) is 23.7 Å². The number of primary amides is 1. The van der Waals surface area contributed by atoms with Gasteiger partial charge < -0.3 is 30.9 Å². The summed E-state index contributed by atoms with van der Waals surface area (Å²) in [7, 11) is 0. The number of rotatable bonds is 6. The summed E-state index contributed by atoms with van der Waals surface area (Å²) in [6, 6.07) is 4.57. The molecule has 0 bridgehead atoms. The molecule has 0 spiro atoms. The molecule has 37 heavy (non-hydrogen) atoms. The van der Waals surface area contributed by atoms with Crippen molar-refractivity contribution in [3.8, 4) is 5.75 Å². The van der Waals surface area contributed by atoms with E-state index in [1.54, 1.807) is 26.0 Å². The average Bonchev–Trinajstić information content (AvgIpc) is 2.85. The van der Waals surface area contributed by atoms with Crippen LogP contribution in [0.4, 0.5) is 0 Å². The third-order valence-corrected chi connectivity index (χ3v) is 8.79. The smallest absolute Gasteiger partial charge is 0.305 e. The maximum Gasteiger partial charge on any atom is 0.305 e. The van der Waals surface area contributed by atoms with Crippen molar-refractivity contribution in [2.24, 2.45) is 29.4 Å². The lowest BCUT2D eigenvalue weighted by molar-refractivity contribution is -0.203. The van der Waals surface area contributed by atoms with E-state index in [2.05, 4.69) is 0 Å². The fourth-order valence-corrected chi connectivity index (χ4v) is 7.26. The summed E-state index contributed by atoms with van der Waals surface area (Å²) in [4.78, 5) is 52.3. The molecule has 1 fully saturated rings. The number of phenolic OH excluding ortho intramolecular Hbond substituents is 1. The second-order valence-electron chi connectivity index (χ2n) is 9.83. The van der Waals surface area contributed by atoms with Crippen molar-refractivity contribution in [2.45, 2.75) is 50.4 Å². The number of hydrogen-bond donors (Lipinski definition) is 5. The monoisotopic (exact) mass is 533 g/mol. The number of ether oxygens (including phenoxy) is 1. The van der Waals surface area contributed by atoms with Crippen molar-refractivity contribution in [2.75, 3.05) is 12.0 Å². The van der Waals surface area contributed by atoms with Crippen LogP contribution in [0.1, 0.15) is 48.5 Å². The standard InChI is InChI=1S/C26H31NO9S/c1-4-10-19-22(36-14(29)5-2)16-12(9-37-3)11-7-6-8-13(28)15(11)21(31)17(16)23(32)26(19,35)24(33)18(20(10)30)25(27)34/h6-8,10,12,16,18-20,22,28,30,32,35H,4-5,9H2,1-3H3,(H2,27,34)/t10-,12-,16?,18?,19?,20?,22?,26-/m0/s1. The Labute approximate surface area is 217 Å². The summed E-state index contributed by atoms with van der Waals surface area (Å²) in [5.74, 6) is -10.6. The van der Waals surface area contributed by atoms with Gasteiger partial charge in [0.05, 0.1) is 11.7 Å². The molecule has 4 rings (SSSR count). The summed E-state index contributed by atoms with van der Waals surface area (Å²) in [5, 5.41) is 45.1. The summed E-state index contributed by atoms with van der Waals surface area (Å²) in [6.07, 6.45) is -0.993. The number of nitrogens with two attached hydrogens (primary N) is 1. The van der Waals surface area contributed by atoms with Gasteiger partial charge in [-0.25, -0.2) is 0 Å². The number of aliphatic hydroxyl groups excluding tert-OH is 2. The minimum absolute atomic E-state index is 0.0465. The molecule has 0 heterocycles. The number of aromatic hydroxyl groups is 1. The van der Waals surface area contributed by atoms with E-state index in [0.717, 1.165) is 0 Å². The van der Waals surface area contributed by atoms with Crippen molar-refractivity contribution < 1.29 is 44.3 Å². The van der Waals surface area contributed by atoms with Gasteiger partial charge in [-0.05, 0) is 23.8 Å². The number of hydrogen-bond acceptors (Lipinski definition) is 10. The number of benzene rings is 1. The highest BCUT2D eigenvalue weighted by Gasteiger charge is 2.70. The minimum Gasteiger partial charge on any atom is -0.508 e. The number of fused-ring (bicyclic) bond motifs is 3. The van der Waals surface area contributed by atoms with E-state index in [0.29, 0.717) is 11.3 Å². The Morgan fingerprint density at radius 2 is 1.86 bits per heavy atom. The molecule has 5 unspecified atom stereocenters. The Hall–Kier alpha value is -2.89. The molecule has 3 aliphatic rings. The zero-order valence-corrected chi connectivity index (χ0v) is 21.5. The van der Waals surface area contributed by atoms with Gasteiger partial charge in [0.15, 0.2) is 17.2 Å². The zero-order chi connectivity index (χ0) is 27.4. The van der Waals surface area contributed by atoms with E-state index in [-0.39, 0.29) is 29.7 Å². The number of esters is 1. The van der Waals surface area contributed by atoms with Crippen molar-refractivity contribution in [3.63, 3.8) is 0 Å². The van der Waals surface area contributed by atoms with E-state index >= 15 is 0 Å². The molecule has 3 aliphatic carbocycles. The van der Waals surface area contributed by atoms with Crippen LogP contribution in [-0.4, -0.2) is 73.7 Å². The quantitative estimate of drug-likeness (QED) is 0.263. The summed E-state index contributed by atoms with van der Waals surface area (Å²) < 4.78 is 5.84. The van der Waals surface area contributed by atoms with Crippen LogP contribution < -0.4 is 5.73 Å². The molecular weight excluding hydrogens is 502 g/mol. The van der Waals surface area contributed by atoms with Crippen molar-refractivity contribution in [1.82, 2.24) is 0 Å². The molecule has 200 valence electrons. The molecule has 0 radical (unpaired) electrons. The second-order valence-corrected chi connectivity index (χ2v) is 10.7. The molecule has 1 aromatic rings. The molecule has 1 saturated carbocycles. The van der Waals surface area contributed by atoms with Crippen molar-refractivity contribution in [1.29, 1.82) is 0 Å². The second kappa shape index (κ2) is 9.77. The highest BCUT2D eigenvalue weighted by molar-refractivity contribution is 7.98. The van der Waals surface area contributed by atoms with E-state index in [1.807, 2.05) is 6.26 Å². The largest absolute Gasteiger partial charge is 0.508 e. The van der Waals surface area contributed by atoms with Gasteiger partial charge in [-0.1, -0.05) is 32.4 Å². The van der Waals surface area contributed by atoms with Crippen molar-refractivity contribution >= 4 is 35.2 Å². The number of thioether (sulfide) groups is 1. The summed E-state index contributed by atoms with van der Waals surface area (Å²) in [6.45, 7) is 3.22. The Morgan fingerprint density at radius 3 is 2.43 bits per heavy atom. The Balaban J connectivity index is 2.08. The van der Waals surface area contributed by atoms with Crippen LogP contribution in [0.15, 0.2) is 29.5 Å². The lowest BCUT2D eigenvalue weighted by Crippen LogP contribution is -2.71. The third-order valence-electron chi connectivity index (χ3n) is 8.10. The van der Waals surface area contributed by atoms with Gasteiger partial charge >= 0.3 is 5.97 Å². The molecule has 10 nitrogen and oxygen atoms in total. The first-order valence-electron chi connectivity index (χ1n) is 12.2.